The fourth-order valence-corrected chi connectivity index (χ4v) is 4.77. The van der Waals surface area contributed by atoms with E-state index in [2.05, 4.69) is 43.4 Å². The Kier molecular flexibility index (Phi) is 5.58. The lowest BCUT2D eigenvalue weighted by atomic mass is 9.78. The molecule has 170 valence electrons. The third-order valence-corrected chi connectivity index (χ3v) is 6.79. The zero-order valence-corrected chi connectivity index (χ0v) is 19.3. The van der Waals surface area contributed by atoms with Crippen molar-refractivity contribution in [3.8, 4) is 16.9 Å². The molecule has 1 amide bonds. The van der Waals surface area contributed by atoms with E-state index >= 15 is 0 Å². The molecule has 0 saturated heterocycles. The van der Waals surface area contributed by atoms with Gasteiger partial charge < -0.3 is 9.84 Å². The van der Waals surface area contributed by atoms with E-state index in [9.17, 15) is 9.90 Å². The maximum absolute atomic E-state index is 12.6. The molecule has 0 bridgehead atoms. The van der Waals surface area contributed by atoms with Gasteiger partial charge in [0.1, 0.15) is 12.4 Å². The van der Waals surface area contributed by atoms with Crippen LogP contribution in [0.3, 0.4) is 0 Å². The summed E-state index contributed by atoms with van der Waals surface area (Å²) < 4.78 is 5.65. The first-order chi connectivity index (χ1) is 16.4. The Morgan fingerprint density at radius 2 is 1.29 bits per heavy atom. The number of hydrogen-bond acceptors (Lipinski definition) is 3. The molecule has 0 atom stereocenters. The van der Waals surface area contributed by atoms with E-state index in [0.29, 0.717) is 5.69 Å². The molecule has 2 N–H and O–H groups in total. The highest BCUT2D eigenvalue weighted by Gasteiger charge is 2.29. The standard InChI is InChI=1S/C30H27NO3/c1-30(2,21-13-17-23(32)18-14-21)20-11-15-22(16-12-20)31-29(33)34-19-28-26-9-5-3-7-24(26)25-8-4-6-10-27(25)28/h3-18,28,32H,19H2,1-2H3,(H,31,33). The largest absolute Gasteiger partial charge is 0.508 e. The maximum Gasteiger partial charge on any atom is 0.411 e. The molecule has 1 aliphatic carbocycles. The number of amides is 1. The Labute approximate surface area is 199 Å². The first-order valence-electron chi connectivity index (χ1n) is 11.5. The minimum Gasteiger partial charge on any atom is -0.508 e. The number of nitrogens with one attached hydrogen (secondary N) is 1. The van der Waals surface area contributed by atoms with E-state index in [0.717, 1.165) is 11.1 Å². The number of carbonyl (C=O) groups is 1. The van der Waals surface area contributed by atoms with Gasteiger partial charge in [-0.25, -0.2) is 4.79 Å². The van der Waals surface area contributed by atoms with Crippen LogP contribution in [-0.2, 0) is 10.2 Å². The van der Waals surface area contributed by atoms with Crippen LogP contribution in [0.4, 0.5) is 10.5 Å². The fourth-order valence-electron chi connectivity index (χ4n) is 4.77. The SMILES string of the molecule is CC(C)(c1ccc(O)cc1)c1ccc(NC(=O)OCC2c3ccccc3-c3ccccc32)cc1. The Bertz CT molecular complexity index is 1280. The summed E-state index contributed by atoms with van der Waals surface area (Å²) in [4.78, 5) is 12.6. The third kappa shape index (κ3) is 4.03. The van der Waals surface area contributed by atoms with Crippen molar-refractivity contribution in [2.45, 2.75) is 25.2 Å². The average molecular weight is 450 g/mol. The zero-order valence-electron chi connectivity index (χ0n) is 19.3. The van der Waals surface area contributed by atoms with Gasteiger partial charge >= 0.3 is 6.09 Å². The van der Waals surface area contributed by atoms with E-state index in [1.807, 2.05) is 60.7 Å². The summed E-state index contributed by atoms with van der Waals surface area (Å²) >= 11 is 0. The summed E-state index contributed by atoms with van der Waals surface area (Å²) in [5, 5.41) is 12.4. The molecule has 0 unspecified atom stereocenters. The molecule has 0 fully saturated rings. The van der Waals surface area contributed by atoms with Crippen LogP contribution >= 0.6 is 0 Å². The zero-order chi connectivity index (χ0) is 23.7. The number of phenols is 1. The van der Waals surface area contributed by atoms with Crippen LogP contribution in [0, 0.1) is 0 Å². The van der Waals surface area contributed by atoms with Gasteiger partial charge in [-0.3, -0.25) is 5.32 Å². The number of aromatic hydroxyl groups is 1. The van der Waals surface area contributed by atoms with E-state index in [-0.39, 0.29) is 23.7 Å². The molecule has 0 radical (unpaired) electrons. The van der Waals surface area contributed by atoms with Crippen LogP contribution in [0.15, 0.2) is 97.1 Å². The third-order valence-electron chi connectivity index (χ3n) is 6.79. The maximum atomic E-state index is 12.6. The Balaban J connectivity index is 1.25. The molecular weight excluding hydrogens is 422 g/mol. The number of ether oxygens (including phenoxy) is 1. The van der Waals surface area contributed by atoms with Crippen molar-refractivity contribution in [3.63, 3.8) is 0 Å². The summed E-state index contributed by atoms with van der Waals surface area (Å²) in [5.74, 6) is 0.286. The number of phenolic OH excluding ortho intramolecular Hbond substituents is 1. The van der Waals surface area contributed by atoms with Gasteiger partial charge in [0.25, 0.3) is 0 Å². The number of benzene rings is 4. The molecule has 0 spiro atoms. The first kappa shape index (κ1) is 21.8. The number of fused-ring (bicyclic) bond motifs is 3. The first-order valence-corrected chi connectivity index (χ1v) is 11.5. The molecule has 1 aliphatic rings. The van der Waals surface area contributed by atoms with E-state index in [1.165, 1.54) is 22.3 Å². The normalized spacial score (nSPS) is 12.6. The van der Waals surface area contributed by atoms with Crippen molar-refractivity contribution in [1.82, 2.24) is 0 Å². The quantitative estimate of drug-likeness (QED) is 0.342. The fraction of sp³-hybridized carbons (Fsp3) is 0.167. The van der Waals surface area contributed by atoms with Gasteiger partial charge in [0.05, 0.1) is 0 Å². The van der Waals surface area contributed by atoms with Crippen LogP contribution < -0.4 is 5.32 Å². The topological polar surface area (TPSA) is 58.6 Å². The lowest BCUT2D eigenvalue weighted by Gasteiger charge is -2.26. The molecule has 0 saturated carbocycles. The summed E-state index contributed by atoms with van der Waals surface area (Å²) in [7, 11) is 0. The summed E-state index contributed by atoms with van der Waals surface area (Å²) in [6.07, 6.45) is -0.465. The van der Waals surface area contributed by atoms with E-state index in [1.54, 1.807) is 12.1 Å². The van der Waals surface area contributed by atoms with Crippen LogP contribution in [-0.4, -0.2) is 17.8 Å². The van der Waals surface area contributed by atoms with Gasteiger partial charge in [-0.2, -0.15) is 0 Å². The van der Waals surface area contributed by atoms with Gasteiger partial charge in [0, 0.05) is 17.0 Å². The minimum atomic E-state index is -0.465. The summed E-state index contributed by atoms with van der Waals surface area (Å²) in [6, 6.07) is 31.6. The molecule has 5 rings (SSSR count). The lowest BCUT2D eigenvalue weighted by Crippen LogP contribution is -2.20. The summed E-state index contributed by atoms with van der Waals surface area (Å²) in [6.45, 7) is 4.55. The van der Waals surface area contributed by atoms with Crippen molar-refractivity contribution in [3.05, 3.63) is 119 Å². The molecule has 4 aromatic carbocycles. The Morgan fingerprint density at radius 1 is 0.794 bits per heavy atom. The van der Waals surface area contributed by atoms with Gasteiger partial charge in [-0.1, -0.05) is 86.6 Å². The van der Waals surface area contributed by atoms with Gasteiger partial charge in [-0.15, -0.1) is 0 Å². The van der Waals surface area contributed by atoms with Gasteiger partial charge in [-0.05, 0) is 57.6 Å². The monoisotopic (exact) mass is 449 g/mol. The minimum absolute atomic E-state index is 0.0339. The van der Waals surface area contributed by atoms with Crippen LogP contribution in [0.1, 0.15) is 42.0 Å². The molecule has 4 aromatic rings. The molecule has 0 aliphatic heterocycles. The van der Waals surface area contributed by atoms with E-state index in [4.69, 9.17) is 4.74 Å². The number of hydrogen-bond donors (Lipinski definition) is 2. The van der Waals surface area contributed by atoms with Crippen molar-refractivity contribution in [1.29, 1.82) is 0 Å². The summed E-state index contributed by atoms with van der Waals surface area (Å²) in [5.41, 5.74) is 7.45. The highest BCUT2D eigenvalue weighted by Crippen LogP contribution is 2.44. The molecule has 4 heteroatoms. The highest BCUT2D eigenvalue weighted by atomic mass is 16.5. The van der Waals surface area contributed by atoms with Crippen molar-refractivity contribution in [2.75, 3.05) is 11.9 Å². The molecule has 0 aromatic heterocycles. The Morgan fingerprint density at radius 3 is 1.85 bits per heavy atom. The molecular formula is C30H27NO3. The second-order valence-corrected chi connectivity index (χ2v) is 9.20. The van der Waals surface area contributed by atoms with Crippen molar-refractivity contribution in [2.24, 2.45) is 0 Å². The van der Waals surface area contributed by atoms with Gasteiger partial charge in [0.15, 0.2) is 0 Å². The van der Waals surface area contributed by atoms with Crippen molar-refractivity contribution >= 4 is 11.8 Å². The smallest absolute Gasteiger partial charge is 0.411 e. The van der Waals surface area contributed by atoms with Crippen molar-refractivity contribution < 1.29 is 14.6 Å². The second kappa shape index (κ2) is 8.71. The molecule has 0 heterocycles. The van der Waals surface area contributed by atoms with Gasteiger partial charge in [0.2, 0.25) is 0 Å². The highest BCUT2D eigenvalue weighted by molar-refractivity contribution is 5.85. The van der Waals surface area contributed by atoms with Crippen LogP contribution in [0.2, 0.25) is 0 Å². The predicted octanol–water partition coefficient (Wildman–Crippen LogP) is 7.08. The average Bonchev–Trinajstić information content (AvgIpc) is 3.17. The molecule has 34 heavy (non-hydrogen) atoms. The second-order valence-electron chi connectivity index (χ2n) is 9.20. The lowest BCUT2D eigenvalue weighted by molar-refractivity contribution is 0.158. The Hall–Kier alpha value is -4.05. The van der Waals surface area contributed by atoms with Crippen LogP contribution in [0.5, 0.6) is 5.75 Å². The molecule has 4 nitrogen and oxygen atoms in total. The van der Waals surface area contributed by atoms with Crippen LogP contribution in [0.25, 0.3) is 11.1 Å². The number of anilines is 1. The number of rotatable bonds is 5. The predicted molar refractivity (Wildman–Crippen MR) is 135 cm³/mol. The van der Waals surface area contributed by atoms with E-state index < -0.39 is 6.09 Å². The number of carbonyl (C=O) groups excluding carboxylic acids is 1.